The van der Waals surface area contributed by atoms with Crippen LogP contribution >= 0.6 is 39.3 Å². The van der Waals surface area contributed by atoms with Gasteiger partial charge in [0, 0.05) is 29.9 Å². The van der Waals surface area contributed by atoms with Crippen LogP contribution in [0, 0.1) is 0 Å². The number of rotatable bonds is 2. The molecule has 15 heavy (non-hydrogen) atoms. The van der Waals surface area contributed by atoms with Crippen molar-refractivity contribution in [3.8, 4) is 0 Å². The predicted octanol–water partition coefficient (Wildman–Crippen LogP) is 3.79. The van der Waals surface area contributed by atoms with Gasteiger partial charge in [0.15, 0.2) is 0 Å². The quantitative estimate of drug-likeness (QED) is 0.765. The molecule has 0 aromatic heterocycles. The second kappa shape index (κ2) is 5.46. The molecule has 1 aromatic carbocycles. The number of nitrogens with zero attached hydrogens (tertiary/aromatic N) is 1. The molecule has 1 aliphatic rings. The molecule has 4 heteroatoms. The van der Waals surface area contributed by atoms with Crippen LogP contribution in [0.5, 0.6) is 0 Å². The average Bonchev–Trinajstić information content (AvgIpc) is 2.30. The van der Waals surface area contributed by atoms with E-state index in [1.165, 1.54) is 22.8 Å². The van der Waals surface area contributed by atoms with Gasteiger partial charge in [-0.25, -0.2) is 0 Å². The highest BCUT2D eigenvalue weighted by molar-refractivity contribution is 9.08. The highest BCUT2D eigenvalue weighted by Crippen LogP contribution is 2.29. The molecule has 0 amide bonds. The number of thioether (sulfide) groups is 1. The van der Waals surface area contributed by atoms with Crippen molar-refractivity contribution in [1.82, 2.24) is 0 Å². The summed E-state index contributed by atoms with van der Waals surface area (Å²) in [6, 6.07) is 6.32. The Morgan fingerprint density at radius 2 is 2.07 bits per heavy atom. The molecule has 1 nitrogen and oxygen atoms in total. The fourth-order valence-electron chi connectivity index (χ4n) is 1.69. The van der Waals surface area contributed by atoms with Crippen molar-refractivity contribution in [3.05, 3.63) is 28.8 Å². The SMILES string of the molecule is Clc1cc(CBr)ccc1N1CCSCC1. The van der Waals surface area contributed by atoms with Gasteiger partial charge in [0.05, 0.1) is 10.7 Å². The number of hydrogen-bond acceptors (Lipinski definition) is 2. The summed E-state index contributed by atoms with van der Waals surface area (Å²) in [5.41, 5.74) is 2.41. The minimum atomic E-state index is 0.864. The molecule has 0 aliphatic carbocycles. The lowest BCUT2D eigenvalue weighted by atomic mass is 10.2. The second-order valence-electron chi connectivity index (χ2n) is 3.52. The van der Waals surface area contributed by atoms with Crippen LogP contribution in [0.3, 0.4) is 0 Å². The van der Waals surface area contributed by atoms with Crippen LogP contribution in [-0.2, 0) is 5.33 Å². The Bertz CT molecular complexity index is 339. The minimum absolute atomic E-state index is 0.864. The van der Waals surface area contributed by atoms with Crippen molar-refractivity contribution < 1.29 is 0 Å². The standard InChI is InChI=1S/C11H13BrClNS/c12-8-9-1-2-11(10(13)7-9)14-3-5-15-6-4-14/h1-2,7H,3-6,8H2. The van der Waals surface area contributed by atoms with Gasteiger partial charge in [0.2, 0.25) is 0 Å². The fraction of sp³-hybridized carbons (Fsp3) is 0.455. The molecule has 0 unspecified atom stereocenters. The molecular weight excluding hydrogens is 294 g/mol. The summed E-state index contributed by atoms with van der Waals surface area (Å²) < 4.78 is 0. The van der Waals surface area contributed by atoms with Crippen LogP contribution in [0.1, 0.15) is 5.56 Å². The van der Waals surface area contributed by atoms with E-state index in [2.05, 4.69) is 33.0 Å². The molecule has 1 saturated heterocycles. The van der Waals surface area contributed by atoms with Crippen molar-refractivity contribution in [2.75, 3.05) is 29.5 Å². The molecule has 0 saturated carbocycles. The van der Waals surface area contributed by atoms with Crippen LogP contribution in [0.4, 0.5) is 5.69 Å². The van der Waals surface area contributed by atoms with E-state index in [-0.39, 0.29) is 0 Å². The zero-order valence-electron chi connectivity index (χ0n) is 8.38. The summed E-state index contributed by atoms with van der Waals surface area (Å²) in [6.07, 6.45) is 0. The van der Waals surface area contributed by atoms with Crippen molar-refractivity contribution in [1.29, 1.82) is 0 Å². The lowest BCUT2D eigenvalue weighted by Gasteiger charge is -2.29. The van der Waals surface area contributed by atoms with Gasteiger partial charge in [-0.15, -0.1) is 0 Å². The van der Waals surface area contributed by atoms with Crippen molar-refractivity contribution in [2.45, 2.75) is 5.33 Å². The van der Waals surface area contributed by atoms with Gasteiger partial charge in [0.1, 0.15) is 0 Å². The van der Waals surface area contributed by atoms with Crippen LogP contribution in [0.25, 0.3) is 0 Å². The molecule has 1 aliphatic heterocycles. The van der Waals surface area contributed by atoms with Gasteiger partial charge in [-0.05, 0) is 17.7 Å². The molecule has 1 fully saturated rings. The Hall–Kier alpha value is 0.140. The predicted molar refractivity (Wildman–Crippen MR) is 73.6 cm³/mol. The fourth-order valence-corrected chi connectivity index (χ4v) is 3.27. The second-order valence-corrected chi connectivity index (χ2v) is 5.71. The van der Waals surface area contributed by atoms with Crippen molar-refractivity contribution in [3.63, 3.8) is 0 Å². The van der Waals surface area contributed by atoms with Gasteiger partial charge in [-0.1, -0.05) is 33.6 Å². The smallest absolute Gasteiger partial charge is 0.0642 e. The summed E-state index contributed by atoms with van der Waals surface area (Å²) in [4.78, 5) is 2.37. The van der Waals surface area contributed by atoms with E-state index in [9.17, 15) is 0 Å². The van der Waals surface area contributed by atoms with E-state index in [1.54, 1.807) is 0 Å². The molecular formula is C11H13BrClNS. The number of hydrogen-bond donors (Lipinski definition) is 0. The first-order valence-corrected chi connectivity index (χ1v) is 7.64. The van der Waals surface area contributed by atoms with Crippen LogP contribution in [0.2, 0.25) is 5.02 Å². The maximum atomic E-state index is 6.27. The maximum absolute atomic E-state index is 6.27. The zero-order chi connectivity index (χ0) is 10.7. The van der Waals surface area contributed by atoms with Gasteiger partial charge in [0.25, 0.3) is 0 Å². The molecule has 1 aromatic rings. The molecule has 0 N–H and O–H groups in total. The summed E-state index contributed by atoms with van der Waals surface area (Å²) in [6.45, 7) is 2.22. The third-order valence-electron chi connectivity index (χ3n) is 2.52. The van der Waals surface area contributed by atoms with Crippen LogP contribution < -0.4 is 4.90 Å². The van der Waals surface area contributed by atoms with Crippen molar-refractivity contribution in [2.24, 2.45) is 0 Å². The van der Waals surface area contributed by atoms with E-state index in [4.69, 9.17) is 11.6 Å². The molecule has 0 radical (unpaired) electrons. The summed E-state index contributed by atoms with van der Waals surface area (Å²) in [7, 11) is 0. The molecule has 0 spiro atoms. The zero-order valence-corrected chi connectivity index (χ0v) is 11.5. The lowest BCUT2D eigenvalue weighted by molar-refractivity contribution is 0.858. The largest absolute Gasteiger partial charge is 0.369 e. The van der Waals surface area contributed by atoms with E-state index in [0.29, 0.717) is 0 Å². The Labute approximate surface area is 108 Å². The molecule has 0 atom stereocenters. The first kappa shape index (κ1) is 11.6. The topological polar surface area (TPSA) is 3.24 Å². The van der Waals surface area contributed by atoms with Gasteiger partial charge in [-0.3, -0.25) is 0 Å². The highest BCUT2D eigenvalue weighted by Gasteiger charge is 2.13. The molecule has 82 valence electrons. The first-order valence-electron chi connectivity index (χ1n) is 4.98. The number of halogens is 2. The Morgan fingerprint density at radius 3 is 2.67 bits per heavy atom. The number of alkyl halides is 1. The van der Waals surface area contributed by atoms with E-state index < -0.39 is 0 Å². The summed E-state index contributed by atoms with van der Waals surface area (Å²) in [5.74, 6) is 2.41. The number of anilines is 1. The van der Waals surface area contributed by atoms with Crippen LogP contribution in [-0.4, -0.2) is 24.6 Å². The minimum Gasteiger partial charge on any atom is -0.369 e. The van der Waals surface area contributed by atoms with Crippen LogP contribution in [0.15, 0.2) is 18.2 Å². The molecule has 1 heterocycles. The Kier molecular flexibility index (Phi) is 4.23. The first-order chi connectivity index (χ1) is 7.31. The average molecular weight is 307 g/mol. The third kappa shape index (κ3) is 2.83. The molecule has 0 bridgehead atoms. The van der Waals surface area contributed by atoms with E-state index in [1.807, 2.05) is 17.8 Å². The number of benzene rings is 1. The van der Waals surface area contributed by atoms with Gasteiger partial charge in [-0.2, -0.15) is 11.8 Å². The van der Waals surface area contributed by atoms with Gasteiger partial charge < -0.3 is 4.90 Å². The Morgan fingerprint density at radius 1 is 1.33 bits per heavy atom. The molecule has 2 rings (SSSR count). The van der Waals surface area contributed by atoms with E-state index in [0.717, 1.165) is 23.4 Å². The summed E-state index contributed by atoms with van der Waals surface area (Å²) in [5, 5.41) is 1.74. The van der Waals surface area contributed by atoms with E-state index >= 15 is 0 Å². The monoisotopic (exact) mass is 305 g/mol. The highest BCUT2D eigenvalue weighted by atomic mass is 79.9. The maximum Gasteiger partial charge on any atom is 0.0642 e. The lowest BCUT2D eigenvalue weighted by Crippen LogP contribution is -2.32. The Balaban J connectivity index is 2.19. The van der Waals surface area contributed by atoms with Gasteiger partial charge >= 0.3 is 0 Å². The third-order valence-corrected chi connectivity index (χ3v) is 4.41. The summed E-state index contributed by atoms with van der Waals surface area (Å²) >= 11 is 11.7. The van der Waals surface area contributed by atoms with Crippen molar-refractivity contribution >= 4 is 45.0 Å². The normalized spacial score (nSPS) is 16.8.